The molecule has 0 aromatic heterocycles. The van der Waals surface area contributed by atoms with Crippen LogP contribution in [0.4, 0.5) is 0 Å². The summed E-state index contributed by atoms with van der Waals surface area (Å²) in [5.74, 6) is -0.0569. The number of allylic oxidation sites excluding steroid dienone is 1. The van der Waals surface area contributed by atoms with Crippen molar-refractivity contribution in [3.8, 4) is 0 Å². The Balaban J connectivity index is 2.44. The van der Waals surface area contributed by atoms with Crippen molar-refractivity contribution in [1.29, 1.82) is 0 Å². The number of carbonyl (C=O) groups is 2. The SMILES string of the molecule is CCN(CC)/C(=C\C(=O)c1ccc(C(C)=O)cc1)c1ccccc1C. The standard InChI is InChI=1S/C22H25NO2/c1-5-23(6-2)21(20-10-8-7-9-16(20)3)15-22(25)19-13-11-18(12-14-19)17(4)24/h7-15H,5-6H2,1-4H3/b21-15-. The molecule has 2 aromatic carbocycles. The highest BCUT2D eigenvalue weighted by Gasteiger charge is 2.14. The van der Waals surface area contributed by atoms with Gasteiger partial charge in [-0.1, -0.05) is 48.5 Å². The zero-order valence-electron chi connectivity index (χ0n) is 15.4. The molecule has 2 rings (SSSR count). The predicted molar refractivity (Wildman–Crippen MR) is 103 cm³/mol. The summed E-state index contributed by atoms with van der Waals surface area (Å²) in [7, 11) is 0. The van der Waals surface area contributed by atoms with E-state index in [-0.39, 0.29) is 11.6 Å². The summed E-state index contributed by atoms with van der Waals surface area (Å²) in [5, 5.41) is 0. The van der Waals surface area contributed by atoms with Crippen molar-refractivity contribution in [3.05, 3.63) is 76.9 Å². The van der Waals surface area contributed by atoms with E-state index in [1.165, 1.54) is 6.92 Å². The molecule has 3 heteroatoms. The second kappa shape index (κ2) is 8.43. The van der Waals surface area contributed by atoms with Crippen LogP contribution in [-0.4, -0.2) is 29.6 Å². The first-order valence-electron chi connectivity index (χ1n) is 8.65. The van der Waals surface area contributed by atoms with Gasteiger partial charge in [-0.15, -0.1) is 0 Å². The lowest BCUT2D eigenvalue weighted by Gasteiger charge is -2.26. The second-order valence-electron chi connectivity index (χ2n) is 6.01. The molecule has 130 valence electrons. The highest BCUT2D eigenvalue weighted by molar-refractivity contribution is 6.09. The fourth-order valence-electron chi connectivity index (χ4n) is 2.84. The van der Waals surface area contributed by atoms with Crippen LogP contribution in [0, 0.1) is 6.92 Å². The Morgan fingerprint density at radius 2 is 1.48 bits per heavy atom. The van der Waals surface area contributed by atoms with Gasteiger partial charge in [-0.2, -0.15) is 0 Å². The molecule has 3 nitrogen and oxygen atoms in total. The van der Waals surface area contributed by atoms with Gasteiger partial charge in [0.1, 0.15) is 0 Å². The van der Waals surface area contributed by atoms with E-state index in [9.17, 15) is 9.59 Å². The zero-order chi connectivity index (χ0) is 18.4. The lowest BCUT2D eigenvalue weighted by Crippen LogP contribution is -2.22. The third kappa shape index (κ3) is 4.44. The molecular formula is C22H25NO2. The third-order valence-corrected chi connectivity index (χ3v) is 4.37. The number of nitrogens with zero attached hydrogens (tertiary/aromatic N) is 1. The first-order chi connectivity index (χ1) is 12.0. The van der Waals surface area contributed by atoms with Crippen molar-refractivity contribution in [2.45, 2.75) is 27.7 Å². The van der Waals surface area contributed by atoms with Gasteiger partial charge in [0, 0.05) is 41.6 Å². The molecule has 2 aromatic rings. The maximum Gasteiger partial charge on any atom is 0.187 e. The maximum absolute atomic E-state index is 12.8. The van der Waals surface area contributed by atoms with E-state index < -0.39 is 0 Å². The lowest BCUT2D eigenvalue weighted by molar-refractivity contribution is 0.101. The van der Waals surface area contributed by atoms with E-state index >= 15 is 0 Å². The summed E-state index contributed by atoms with van der Waals surface area (Å²) in [5.41, 5.74) is 4.34. The molecule has 0 aliphatic heterocycles. The normalized spacial score (nSPS) is 11.3. The van der Waals surface area contributed by atoms with Crippen LogP contribution in [0.5, 0.6) is 0 Å². The molecule has 0 N–H and O–H groups in total. The van der Waals surface area contributed by atoms with Crippen LogP contribution in [0.15, 0.2) is 54.6 Å². The van der Waals surface area contributed by atoms with Crippen molar-refractivity contribution in [2.75, 3.05) is 13.1 Å². The van der Waals surface area contributed by atoms with Crippen LogP contribution in [0.25, 0.3) is 5.70 Å². The number of rotatable bonds is 7. The number of ketones is 2. The fourth-order valence-corrected chi connectivity index (χ4v) is 2.84. The minimum atomic E-state index is -0.0553. The Bertz CT molecular complexity index is 784. The third-order valence-electron chi connectivity index (χ3n) is 4.37. The number of Topliss-reactive ketones (excluding diaryl/α,β-unsaturated/α-hetero) is 1. The predicted octanol–water partition coefficient (Wildman–Crippen LogP) is 4.76. The monoisotopic (exact) mass is 335 g/mol. The summed E-state index contributed by atoms with van der Waals surface area (Å²) in [6.07, 6.45) is 1.71. The minimum Gasteiger partial charge on any atom is -0.371 e. The number of aryl methyl sites for hydroxylation is 1. The largest absolute Gasteiger partial charge is 0.371 e. The van der Waals surface area contributed by atoms with Gasteiger partial charge in [-0.05, 0) is 33.3 Å². The smallest absolute Gasteiger partial charge is 0.187 e. The summed E-state index contributed by atoms with van der Waals surface area (Å²) < 4.78 is 0. The van der Waals surface area contributed by atoms with Crippen LogP contribution < -0.4 is 0 Å². The highest BCUT2D eigenvalue weighted by atomic mass is 16.1. The Morgan fingerprint density at radius 3 is 2.00 bits per heavy atom. The van der Waals surface area contributed by atoms with Crippen LogP contribution in [-0.2, 0) is 0 Å². The Kier molecular flexibility index (Phi) is 6.29. The Hall–Kier alpha value is -2.68. The Morgan fingerprint density at radius 1 is 0.920 bits per heavy atom. The van der Waals surface area contributed by atoms with Gasteiger partial charge < -0.3 is 4.90 Å². The molecule has 0 amide bonds. The van der Waals surface area contributed by atoms with Crippen LogP contribution in [0.2, 0.25) is 0 Å². The summed E-state index contributed by atoms with van der Waals surface area (Å²) in [6.45, 7) is 9.40. The average molecular weight is 335 g/mol. The number of carbonyl (C=O) groups excluding carboxylic acids is 2. The molecule has 0 heterocycles. The molecule has 0 aliphatic rings. The van der Waals surface area contributed by atoms with Gasteiger partial charge in [0.05, 0.1) is 0 Å². The molecule has 25 heavy (non-hydrogen) atoms. The van der Waals surface area contributed by atoms with Gasteiger partial charge in [0.15, 0.2) is 11.6 Å². The molecule has 0 atom stereocenters. The van der Waals surface area contributed by atoms with E-state index in [1.54, 1.807) is 30.3 Å². The van der Waals surface area contributed by atoms with Crippen molar-refractivity contribution in [3.63, 3.8) is 0 Å². The van der Waals surface area contributed by atoms with E-state index in [0.29, 0.717) is 11.1 Å². The van der Waals surface area contributed by atoms with Gasteiger partial charge in [0.2, 0.25) is 0 Å². The van der Waals surface area contributed by atoms with Crippen molar-refractivity contribution >= 4 is 17.3 Å². The molecule has 0 unspecified atom stereocenters. The van der Waals surface area contributed by atoms with Crippen molar-refractivity contribution in [1.82, 2.24) is 4.90 Å². The van der Waals surface area contributed by atoms with Gasteiger partial charge >= 0.3 is 0 Å². The number of hydrogen-bond acceptors (Lipinski definition) is 3. The molecule has 0 bridgehead atoms. The van der Waals surface area contributed by atoms with E-state index in [1.807, 2.05) is 18.2 Å². The van der Waals surface area contributed by atoms with Crippen LogP contribution in [0.1, 0.15) is 52.6 Å². The molecule has 0 saturated carbocycles. The average Bonchev–Trinajstić information content (AvgIpc) is 2.62. The second-order valence-corrected chi connectivity index (χ2v) is 6.01. The summed E-state index contributed by atoms with van der Waals surface area (Å²) in [6, 6.07) is 14.9. The highest BCUT2D eigenvalue weighted by Crippen LogP contribution is 2.23. The Labute approximate surface area is 150 Å². The topological polar surface area (TPSA) is 37.4 Å². The molecule has 0 radical (unpaired) electrons. The fraction of sp³-hybridized carbons (Fsp3) is 0.273. The summed E-state index contributed by atoms with van der Waals surface area (Å²) >= 11 is 0. The number of hydrogen-bond donors (Lipinski definition) is 0. The quantitative estimate of drug-likeness (QED) is 0.540. The van der Waals surface area contributed by atoms with Gasteiger partial charge in [0.25, 0.3) is 0 Å². The van der Waals surface area contributed by atoms with Crippen molar-refractivity contribution in [2.24, 2.45) is 0 Å². The van der Waals surface area contributed by atoms with Gasteiger partial charge in [-0.25, -0.2) is 0 Å². The van der Waals surface area contributed by atoms with Crippen LogP contribution >= 0.6 is 0 Å². The molecule has 0 spiro atoms. The van der Waals surface area contributed by atoms with E-state index in [2.05, 4.69) is 31.7 Å². The first-order valence-corrected chi connectivity index (χ1v) is 8.65. The minimum absolute atomic E-state index is 0.00159. The summed E-state index contributed by atoms with van der Waals surface area (Å²) in [4.78, 5) is 26.3. The maximum atomic E-state index is 12.8. The number of benzene rings is 2. The molecular weight excluding hydrogens is 310 g/mol. The zero-order valence-corrected chi connectivity index (χ0v) is 15.4. The van der Waals surface area contributed by atoms with E-state index in [4.69, 9.17) is 0 Å². The molecule has 0 saturated heterocycles. The lowest BCUT2D eigenvalue weighted by atomic mass is 10.0. The van der Waals surface area contributed by atoms with E-state index in [0.717, 1.165) is 29.9 Å². The van der Waals surface area contributed by atoms with Crippen LogP contribution in [0.3, 0.4) is 0 Å². The van der Waals surface area contributed by atoms with Gasteiger partial charge in [-0.3, -0.25) is 9.59 Å². The molecule has 0 aliphatic carbocycles. The first kappa shape index (κ1) is 18.7. The van der Waals surface area contributed by atoms with Crippen molar-refractivity contribution < 1.29 is 9.59 Å². The molecule has 0 fully saturated rings.